The van der Waals surface area contributed by atoms with Gasteiger partial charge in [-0.2, -0.15) is 0 Å². The molecule has 0 spiro atoms. The number of Topliss-reactive ketones (excluding diaryl/α,β-unsaturated/α-hetero) is 1. The van der Waals surface area contributed by atoms with E-state index in [1.807, 2.05) is 6.92 Å². The van der Waals surface area contributed by atoms with Crippen LogP contribution in [0.25, 0.3) is 0 Å². The molecule has 0 amide bonds. The molecular weight excluding hydrogens is 200 g/mol. The summed E-state index contributed by atoms with van der Waals surface area (Å²) in [6.45, 7) is 2.01. The van der Waals surface area contributed by atoms with Crippen LogP contribution in [0.4, 0.5) is 5.82 Å². The Morgan fingerprint density at radius 2 is 2.25 bits per heavy atom. The van der Waals surface area contributed by atoms with Crippen molar-refractivity contribution in [2.45, 2.75) is 44.9 Å². The molecule has 1 aromatic heterocycles. The van der Waals surface area contributed by atoms with Gasteiger partial charge >= 0.3 is 0 Å². The summed E-state index contributed by atoms with van der Waals surface area (Å²) in [5.74, 6) is 1.23. The summed E-state index contributed by atoms with van der Waals surface area (Å²) in [7, 11) is 0. The highest BCUT2D eigenvalue weighted by atomic mass is 16.1. The van der Waals surface area contributed by atoms with Crippen molar-refractivity contribution >= 4 is 11.6 Å². The molecule has 1 saturated carbocycles. The first-order valence-corrected chi connectivity index (χ1v) is 5.90. The van der Waals surface area contributed by atoms with Gasteiger partial charge in [0.2, 0.25) is 0 Å². The quantitative estimate of drug-likeness (QED) is 0.737. The van der Waals surface area contributed by atoms with Gasteiger partial charge in [0.05, 0.1) is 0 Å². The Morgan fingerprint density at radius 3 is 3.06 bits per heavy atom. The maximum absolute atomic E-state index is 11.6. The van der Waals surface area contributed by atoms with Gasteiger partial charge in [-0.05, 0) is 36.8 Å². The fourth-order valence-corrected chi connectivity index (χ4v) is 2.39. The molecule has 1 atom stereocenters. The van der Waals surface area contributed by atoms with Crippen LogP contribution < -0.4 is 5.73 Å². The highest BCUT2D eigenvalue weighted by molar-refractivity contribution is 5.79. The van der Waals surface area contributed by atoms with Crippen molar-refractivity contribution in [2.24, 2.45) is 0 Å². The van der Waals surface area contributed by atoms with Crippen molar-refractivity contribution in [3.63, 3.8) is 0 Å². The maximum Gasteiger partial charge on any atom is 0.133 e. The zero-order valence-electron chi connectivity index (χ0n) is 9.70. The van der Waals surface area contributed by atoms with Gasteiger partial charge in [0.15, 0.2) is 0 Å². The van der Waals surface area contributed by atoms with Crippen LogP contribution in [0.2, 0.25) is 0 Å². The molecule has 0 radical (unpaired) electrons. The predicted molar refractivity (Wildman–Crippen MR) is 64.2 cm³/mol. The molecule has 0 aromatic carbocycles. The molecule has 3 nitrogen and oxygen atoms in total. The third-order valence-corrected chi connectivity index (χ3v) is 3.26. The summed E-state index contributed by atoms with van der Waals surface area (Å²) in [5.41, 5.74) is 8.07. The lowest BCUT2D eigenvalue weighted by Gasteiger charge is -2.15. The van der Waals surface area contributed by atoms with Crippen LogP contribution in [0.1, 0.15) is 49.1 Å². The van der Waals surface area contributed by atoms with Gasteiger partial charge in [-0.1, -0.05) is 12.5 Å². The number of nitrogens with zero attached hydrogens (tertiary/aromatic N) is 1. The summed E-state index contributed by atoms with van der Waals surface area (Å²) >= 11 is 0. The van der Waals surface area contributed by atoms with Crippen molar-refractivity contribution < 1.29 is 4.79 Å². The minimum atomic E-state index is 0.280. The summed E-state index contributed by atoms with van der Waals surface area (Å²) in [6.07, 6.45) is 6.34. The average Bonchev–Trinajstić information content (AvgIpc) is 2.46. The Balaban J connectivity index is 2.27. The van der Waals surface area contributed by atoms with Gasteiger partial charge < -0.3 is 5.73 Å². The summed E-state index contributed by atoms with van der Waals surface area (Å²) < 4.78 is 0. The number of ketones is 1. The molecular formula is C13H18N2O. The number of rotatable bonds is 1. The van der Waals surface area contributed by atoms with E-state index in [0.29, 0.717) is 18.0 Å². The van der Waals surface area contributed by atoms with Gasteiger partial charge in [-0.15, -0.1) is 0 Å². The van der Waals surface area contributed by atoms with Gasteiger partial charge in [0.1, 0.15) is 11.6 Å². The largest absolute Gasteiger partial charge is 0.383 e. The molecule has 1 aromatic rings. The molecule has 2 N–H and O–H groups in total. The SMILES string of the molecule is Cc1cnc(N)c(C2CCCCC(=O)C2)c1. The number of carbonyl (C=O) groups is 1. The summed E-state index contributed by atoms with van der Waals surface area (Å²) in [5, 5.41) is 0. The number of hydrogen-bond donors (Lipinski definition) is 1. The van der Waals surface area contributed by atoms with Crippen LogP contribution in [0.3, 0.4) is 0 Å². The van der Waals surface area contributed by atoms with Crippen molar-refractivity contribution in [3.05, 3.63) is 23.4 Å². The molecule has 1 aliphatic rings. The van der Waals surface area contributed by atoms with Crippen LogP contribution in [-0.4, -0.2) is 10.8 Å². The number of nitrogen functional groups attached to an aromatic ring is 1. The van der Waals surface area contributed by atoms with Crippen molar-refractivity contribution in [1.82, 2.24) is 4.98 Å². The first kappa shape index (κ1) is 11.1. The lowest BCUT2D eigenvalue weighted by Crippen LogP contribution is -2.08. The monoisotopic (exact) mass is 218 g/mol. The molecule has 16 heavy (non-hydrogen) atoms. The average molecular weight is 218 g/mol. The second kappa shape index (κ2) is 4.64. The van der Waals surface area contributed by atoms with Gasteiger partial charge in [0, 0.05) is 19.0 Å². The Hall–Kier alpha value is -1.38. The number of aromatic nitrogens is 1. The van der Waals surface area contributed by atoms with E-state index >= 15 is 0 Å². The molecule has 3 heteroatoms. The number of carbonyl (C=O) groups excluding carboxylic acids is 1. The van der Waals surface area contributed by atoms with Crippen molar-refractivity contribution in [2.75, 3.05) is 5.73 Å². The minimum Gasteiger partial charge on any atom is -0.383 e. The fourth-order valence-electron chi connectivity index (χ4n) is 2.39. The van der Waals surface area contributed by atoms with Crippen LogP contribution in [0.15, 0.2) is 12.3 Å². The highest BCUT2D eigenvalue weighted by Crippen LogP contribution is 2.32. The van der Waals surface area contributed by atoms with E-state index in [0.717, 1.165) is 36.8 Å². The third-order valence-electron chi connectivity index (χ3n) is 3.26. The Bertz CT molecular complexity index is 401. The molecule has 86 valence electrons. The fraction of sp³-hybridized carbons (Fsp3) is 0.538. The summed E-state index contributed by atoms with van der Waals surface area (Å²) in [4.78, 5) is 15.8. The minimum absolute atomic E-state index is 0.280. The second-order valence-corrected chi connectivity index (χ2v) is 4.67. The van der Waals surface area contributed by atoms with Crippen LogP contribution >= 0.6 is 0 Å². The van der Waals surface area contributed by atoms with E-state index in [2.05, 4.69) is 11.1 Å². The standard InChI is InChI=1S/C13H18N2O/c1-9-6-12(13(14)15-8-9)10-4-2-3-5-11(16)7-10/h6,8,10H,2-5,7H2,1H3,(H2,14,15). The molecule has 1 fully saturated rings. The Morgan fingerprint density at radius 1 is 1.44 bits per heavy atom. The van der Waals surface area contributed by atoms with E-state index in [-0.39, 0.29) is 5.92 Å². The van der Waals surface area contributed by atoms with Crippen molar-refractivity contribution in [3.8, 4) is 0 Å². The zero-order chi connectivity index (χ0) is 11.5. The molecule has 0 saturated heterocycles. The zero-order valence-corrected chi connectivity index (χ0v) is 9.70. The smallest absolute Gasteiger partial charge is 0.133 e. The first-order chi connectivity index (χ1) is 7.66. The van der Waals surface area contributed by atoms with Crippen LogP contribution in [0, 0.1) is 6.92 Å². The van der Waals surface area contributed by atoms with E-state index in [1.54, 1.807) is 6.20 Å². The van der Waals surface area contributed by atoms with Crippen LogP contribution in [0.5, 0.6) is 0 Å². The topological polar surface area (TPSA) is 56.0 Å². The number of nitrogens with two attached hydrogens (primary N) is 1. The number of hydrogen-bond acceptors (Lipinski definition) is 3. The first-order valence-electron chi connectivity index (χ1n) is 5.90. The van der Waals surface area contributed by atoms with E-state index in [9.17, 15) is 4.79 Å². The third kappa shape index (κ3) is 2.40. The summed E-state index contributed by atoms with van der Waals surface area (Å²) in [6, 6.07) is 2.08. The molecule has 2 rings (SSSR count). The van der Waals surface area contributed by atoms with Gasteiger partial charge in [-0.25, -0.2) is 4.98 Å². The van der Waals surface area contributed by atoms with Crippen molar-refractivity contribution in [1.29, 1.82) is 0 Å². The lowest BCUT2D eigenvalue weighted by atomic mass is 9.91. The molecule has 0 bridgehead atoms. The normalized spacial score (nSPS) is 21.8. The molecule has 1 unspecified atom stereocenters. The Labute approximate surface area is 96.1 Å². The van der Waals surface area contributed by atoms with E-state index in [1.165, 1.54) is 0 Å². The molecule has 1 aliphatic carbocycles. The number of aryl methyl sites for hydroxylation is 1. The van der Waals surface area contributed by atoms with Gasteiger partial charge in [0.25, 0.3) is 0 Å². The van der Waals surface area contributed by atoms with E-state index in [4.69, 9.17) is 5.73 Å². The number of pyridine rings is 1. The maximum atomic E-state index is 11.6. The molecule has 0 aliphatic heterocycles. The highest BCUT2D eigenvalue weighted by Gasteiger charge is 2.21. The predicted octanol–water partition coefficient (Wildman–Crippen LogP) is 2.59. The Kier molecular flexibility index (Phi) is 3.22. The van der Waals surface area contributed by atoms with E-state index < -0.39 is 0 Å². The second-order valence-electron chi connectivity index (χ2n) is 4.67. The lowest BCUT2D eigenvalue weighted by molar-refractivity contribution is -0.119. The number of anilines is 1. The molecule has 1 heterocycles. The van der Waals surface area contributed by atoms with Crippen LogP contribution in [-0.2, 0) is 4.79 Å². The van der Waals surface area contributed by atoms with Gasteiger partial charge in [-0.3, -0.25) is 4.79 Å².